The predicted molar refractivity (Wildman–Crippen MR) is 90.7 cm³/mol. The van der Waals surface area contributed by atoms with Gasteiger partial charge in [0.25, 0.3) is 5.91 Å². The van der Waals surface area contributed by atoms with E-state index in [0.717, 1.165) is 31.4 Å². The fourth-order valence-corrected chi connectivity index (χ4v) is 5.12. The number of carbonyl (C=O) groups excluding carboxylic acids is 2. The van der Waals surface area contributed by atoms with E-state index in [-0.39, 0.29) is 23.1 Å². The zero-order chi connectivity index (χ0) is 15.9. The lowest BCUT2D eigenvalue weighted by atomic mass is 9.81. The van der Waals surface area contributed by atoms with Gasteiger partial charge < -0.3 is 4.90 Å². The van der Waals surface area contributed by atoms with Gasteiger partial charge >= 0.3 is 0 Å². The first-order chi connectivity index (χ1) is 11.2. The van der Waals surface area contributed by atoms with Crippen molar-refractivity contribution >= 4 is 28.9 Å². The Balaban J connectivity index is 1.58. The Morgan fingerprint density at radius 1 is 1.35 bits per heavy atom. The molecule has 0 spiro atoms. The number of dihydropyridines is 1. The number of nitrogens with zero attached hydrogens (tertiary/aromatic N) is 2. The molecule has 1 aliphatic carbocycles. The lowest BCUT2D eigenvalue weighted by molar-refractivity contribution is -0.137. The largest absolute Gasteiger partial charge is 0.341 e. The lowest BCUT2D eigenvalue weighted by Crippen LogP contribution is -2.51. The first-order valence-corrected chi connectivity index (χ1v) is 9.20. The molecule has 3 aliphatic rings. The minimum Gasteiger partial charge on any atom is -0.341 e. The van der Waals surface area contributed by atoms with Gasteiger partial charge in [0, 0.05) is 42.1 Å². The van der Waals surface area contributed by atoms with Crippen LogP contribution in [-0.2, 0) is 15.0 Å². The number of aliphatic imine (C=N–C) groups is 1. The van der Waals surface area contributed by atoms with Crippen LogP contribution in [0.1, 0.15) is 37.0 Å². The van der Waals surface area contributed by atoms with Crippen LogP contribution in [0.2, 0.25) is 0 Å². The summed E-state index contributed by atoms with van der Waals surface area (Å²) in [4.78, 5) is 32.1. The molecule has 0 bridgehead atoms. The number of hydrogen-bond donors (Lipinski definition) is 0. The molecule has 2 amide bonds. The van der Waals surface area contributed by atoms with Crippen molar-refractivity contribution in [3.05, 3.63) is 34.5 Å². The minimum atomic E-state index is -0.309. The van der Waals surface area contributed by atoms with E-state index in [4.69, 9.17) is 0 Å². The molecule has 1 unspecified atom stereocenters. The predicted octanol–water partition coefficient (Wildman–Crippen LogP) is 2.95. The van der Waals surface area contributed by atoms with Crippen LogP contribution in [-0.4, -0.2) is 35.5 Å². The molecule has 1 saturated heterocycles. The van der Waals surface area contributed by atoms with E-state index in [1.54, 1.807) is 11.3 Å². The van der Waals surface area contributed by atoms with Gasteiger partial charge in [0.15, 0.2) is 0 Å². The molecule has 23 heavy (non-hydrogen) atoms. The number of piperidine rings is 1. The zero-order valence-electron chi connectivity index (χ0n) is 13.0. The average molecular weight is 328 g/mol. The maximum Gasteiger partial charge on any atom is 0.269 e. The second kappa shape index (κ2) is 5.71. The molecule has 4 nitrogen and oxygen atoms in total. The van der Waals surface area contributed by atoms with Crippen LogP contribution in [0.3, 0.4) is 0 Å². The summed E-state index contributed by atoms with van der Waals surface area (Å²) in [5.41, 5.74) is 0.634. The maximum absolute atomic E-state index is 13.4. The second-order valence-electron chi connectivity index (χ2n) is 6.67. The quantitative estimate of drug-likeness (QED) is 0.838. The van der Waals surface area contributed by atoms with Crippen molar-refractivity contribution in [3.63, 3.8) is 0 Å². The first kappa shape index (κ1) is 14.8. The summed E-state index contributed by atoms with van der Waals surface area (Å²) in [6, 6.07) is 4.16. The smallest absolute Gasteiger partial charge is 0.269 e. The van der Waals surface area contributed by atoms with E-state index in [2.05, 4.69) is 16.4 Å². The van der Waals surface area contributed by atoms with Gasteiger partial charge in [-0.2, -0.15) is 0 Å². The minimum absolute atomic E-state index is 0.118. The highest BCUT2D eigenvalue weighted by molar-refractivity contribution is 7.10. The Labute approximate surface area is 139 Å². The molecular weight excluding hydrogens is 308 g/mol. The highest BCUT2D eigenvalue weighted by Crippen LogP contribution is 2.45. The number of carbonyl (C=O) groups is 2. The van der Waals surface area contributed by atoms with Crippen molar-refractivity contribution in [1.29, 1.82) is 0 Å². The topological polar surface area (TPSA) is 49.7 Å². The van der Waals surface area contributed by atoms with Crippen molar-refractivity contribution < 1.29 is 9.59 Å². The summed E-state index contributed by atoms with van der Waals surface area (Å²) in [7, 11) is 0. The molecule has 3 heterocycles. The molecule has 0 radical (unpaired) electrons. The summed E-state index contributed by atoms with van der Waals surface area (Å²) < 4.78 is 0. The van der Waals surface area contributed by atoms with Crippen LogP contribution in [0.15, 0.2) is 34.7 Å². The number of fused-ring (bicyclic) bond motifs is 1. The maximum atomic E-state index is 13.4. The number of likely N-dealkylation sites (tertiary alicyclic amines) is 1. The van der Waals surface area contributed by atoms with Gasteiger partial charge in [0.2, 0.25) is 5.91 Å². The second-order valence-corrected chi connectivity index (χ2v) is 7.62. The van der Waals surface area contributed by atoms with E-state index in [1.807, 2.05) is 17.0 Å². The Hall–Kier alpha value is -1.75. The Bertz CT molecular complexity index is 684. The zero-order valence-corrected chi connectivity index (χ0v) is 13.8. The third-order valence-electron chi connectivity index (χ3n) is 5.35. The molecular formula is C18H20N2O2S. The number of thiophene rings is 1. The van der Waals surface area contributed by atoms with Crippen molar-refractivity contribution in [2.45, 2.75) is 37.5 Å². The van der Waals surface area contributed by atoms with Gasteiger partial charge in [0.05, 0.1) is 5.41 Å². The Morgan fingerprint density at radius 3 is 2.91 bits per heavy atom. The molecule has 120 valence electrons. The molecule has 0 N–H and O–H groups in total. The molecule has 4 rings (SSSR count). The molecule has 1 aromatic heterocycles. The van der Waals surface area contributed by atoms with E-state index in [1.165, 1.54) is 11.0 Å². The summed E-state index contributed by atoms with van der Waals surface area (Å²) >= 11 is 1.70. The number of amides is 2. The van der Waals surface area contributed by atoms with Crippen LogP contribution in [0.4, 0.5) is 0 Å². The molecule has 0 aromatic carbocycles. The van der Waals surface area contributed by atoms with Crippen molar-refractivity contribution in [2.24, 2.45) is 10.9 Å². The first-order valence-electron chi connectivity index (χ1n) is 8.32. The van der Waals surface area contributed by atoms with E-state index < -0.39 is 0 Å². The molecule has 1 aromatic rings. The van der Waals surface area contributed by atoms with Gasteiger partial charge in [0.1, 0.15) is 0 Å². The third-order valence-corrected chi connectivity index (χ3v) is 6.43. The number of rotatable bonds is 2. The fourth-order valence-electron chi connectivity index (χ4n) is 4.14. The van der Waals surface area contributed by atoms with Gasteiger partial charge in [-0.15, -0.1) is 11.3 Å². The normalized spacial score (nSPS) is 26.1. The van der Waals surface area contributed by atoms with Crippen molar-refractivity contribution in [1.82, 2.24) is 4.90 Å². The standard InChI is InChI=1S/C18H20N2O2S/c21-16-6-5-13-12-20(10-7-14(13)19-16)17(22)18(8-1-2-9-18)15-4-3-11-23-15/h3-6,11,13H,1-2,7-10,12H2. The van der Waals surface area contributed by atoms with Gasteiger partial charge in [-0.25, -0.2) is 4.99 Å². The molecule has 2 fully saturated rings. The average Bonchev–Trinajstić information content (AvgIpc) is 3.25. The number of hydrogen-bond acceptors (Lipinski definition) is 3. The molecule has 2 aliphatic heterocycles. The van der Waals surface area contributed by atoms with Crippen molar-refractivity contribution in [3.8, 4) is 0 Å². The highest BCUT2D eigenvalue weighted by atomic mass is 32.1. The van der Waals surface area contributed by atoms with Crippen LogP contribution >= 0.6 is 11.3 Å². The van der Waals surface area contributed by atoms with Gasteiger partial charge in [-0.05, 0) is 24.3 Å². The van der Waals surface area contributed by atoms with E-state index in [0.29, 0.717) is 19.5 Å². The van der Waals surface area contributed by atoms with E-state index in [9.17, 15) is 9.59 Å². The molecule has 1 saturated carbocycles. The highest BCUT2D eigenvalue weighted by Gasteiger charge is 2.46. The molecule has 1 atom stereocenters. The van der Waals surface area contributed by atoms with Crippen molar-refractivity contribution in [2.75, 3.05) is 13.1 Å². The monoisotopic (exact) mass is 328 g/mol. The van der Waals surface area contributed by atoms with Crippen LogP contribution in [0, 0.1) is 5.92 Å². The van der Waals surface area contributed by atoms with Gasteiger partial charge in [-0.1, -0.05) is 25.0 Å². The van der Waals surface area contributed by atoms with Gasteiger partial charge in [-0.3, -0.25) is 9.59 Å². The molecule has 5 heteroatoms. The Morgan fingerprint density at radius 2 is 2.17 bits per heavy atom. The van der Waals surface area contributed by atoms with Crippen LogP contribution < -0.4 is 0 Å². The summed E-state index contributed by atoms with van der Waals surface area (Å²) in [5, 5.41) is 2.07. The van der Waals surface area contributed by atoms with Crippen LogP contribution in [0.5, 0.6) is 0 Å². The van der Waals surface area contributed by atoms with Crippen LogP contribution in [0.25, 0.3) is 0 Å². The summed E-state index contributed by atoms with van der Waals surface area (Å²) in [6.45, 7) is 1.34. The summed E-state index contributed by atoms with van der Waals surface area (Å²) in [6.07, 6.45) is 8.34. The fraction of sp³-hybridized carbons (Fsp3) is 0.500. The summed E-state index contributed by atoms with van der Waals surface area (Å²) in [5.74, 6) is 0.232. The van der Waals surface area contributed by atoms with E-state index >= 15 is 0 Å². The lowest BCUT2D eigenvalue weighted by Gasteiger charge is -2.39. The SMILES string of the molecule is O=C1C=CC2CN(C(=O)C3(c4cccs4)CCCC3)CCC2=N1. The third kappa shape index (κ3) is 2.47. The Kier molecular flexibility index (Phi) is 3.68.